The quantitative estimate of drug-likeness (QED) is 0.776. The van der Waals surface area contributed by atoms with Crippen molar-refractivity contribution in [2.24, 2.45) is 0 Å². The first kappa shape index (κ1) is 11.7. The van der Waals surface area contributed by atoms with Gasteiger partial charge in [0.05, 0.1) is 6.61 Å². The van der Waals surface area contributed by atoms with Crippen LogP contribution in [0.1, 0.15) is 17.4 Å². The van der Waals surface area contributed by atoms with Crippen molar-refractivity contribution in [1.82, 2.24) is 9.97 Å². The van der Waals surface area contributed by atoms with E-state index in [9.17, 15) is 4.79 Å². The van der Waals surface area contributed by atoms with Crippen LogP contribution in [0.4, 0.5) is 0 Å². The van der Waals surface area contributed by atoms with Crippen molar-refractivity contribution in [1.29, 1.82) is 0 Å². The maximum atomic E-state index is 11.3. The lowest BCUT2D eigenvalue weighted by Gasteiger charge is -1.95. The van der Waals surface area contributed by atoms with E-state index in [0.29, 0.717) is 11.8 Å². The van der Waals surface area contributed by atoms with Crippen LogP contribution in [0, 0.1) is 0 Å². The molecule has 0 spiro atoms. The van der Waals surface area contributed by atoms with Gasteiger partial charge in [-0.3, -0.25) is 4.98 Å². The molecular formula is C11H10N2O3S. The number of esters is 1. The number of rotatable bonds is 4. The maximum Gasteiger partial charge on any atom is 0.360 e. The Morgan fingerprint density at radius 2 is 2.24 bits per heavy atom. The number of aromatic nitrogens is 2. The topological polar surface area (TPSA) is 65.2 Å². The highest BCUT2D eigenvalue weighted by Gasteiger charge is 2.13. The third-order valence-corrected chi connectivity index (χ3v) is 2.69. The molecule has 17 heavy (non-hydrogen) atoms. The summed E-state index contributed by atoms with van der Waals surface area (Å²) >= 11 is 1.32. The number of pyridine rings is 1. The van der Waals surface area contributed by atoms with Crippen LogP contribution in [0.5, 0.6) is 0 Å². The van der Waals surface area contributed by atoms with Crippen LogP contribution in [0.2, 0.25) is 0 Å². The number of hydrogen-bond donors (Lipinski definition) is 0. The fourth-order valence-electron chi connectivity index (χ4n) is 1.11. The molecule has 2 heterocycles. The largest absolute Gasteiger partial charge is 0.461 e. The van der Waals surface area contributed by atoms with E-state index in [1.165, 1.54) is 18.0 Å². The Hall–Kier alpha value is -1.82. The number of ether oxygens (including phenoxy) is 1. The molecule has 0 aliphatic carbocycles. The molecule has 0 N–H and O–H groups in total. The Morgan fingerprint density at radius 1 is 1.47 bits per heavy atom. The molecule has 0 bridgehead atoms. The molecule has 88 valence electrons. The zero-order chi connectivity index (χ0) is 12.1. The molecule has 0 radical (unpaired) electrons. The lowest BCUT2D eigenvalue weighted by Crippen LogP contribution is -2.04. The van der Waals surface area contributed by atoms with Gasteiger partial charge in [0.25, 0.3) is 5.22 Å². The first-order valence-electron chi connectivity index (χ1n) is 5.00. The van der Waals surface area contributed by atoms with Gasteiger partial charge in [0.1, 0.15) is 6.26 Å². The highest BCUT2D eigenvalue weighted by Crippen LogP contribution is 2.26. The van der Waals surface area contributed by atoms with Crippen molar-refractivity contribution in [3.63, 3.8) is 0 Å². The van der Waals surface area contributed by atoms with Crippen molar-refractivity contribution < 1.29 is 13.9 Å². The Balaban J connectivity index is 2.06. The van der Waals surface area contributed by atoms with Crippen LogP contribution >= 0.6 is 11.8 Å². The predicted molar refractivity (Wildman–Crippen MR) is 60.8 cm³/mol. The normalized spacial score (nSPS) is 10.2. The summed E-state index contributed by atoms with van der Waals surface area (Å²) in [6.45, 7) is 2.06. The van der Waals surface area contributed by atoms with E-state index in [-0.39, 0.29) is 5.69 Å². The number of oxazole rings is 1. The molecule has 0 amide bonds. The van der Waals surface area contributed by atoms with Gasteiger partial charge in [-0.1, -0.05) is 0 Å². The smallest absolute Gasteiger partial charge is 0.360 e. The summed E-state index contributed by atoms with van der Waals surface area (Å²) in [5.74, 6) is -0.474. The Kier molecular flexibility index (Phi) is 3.77. The molecule has 6 heteroatoms. The van der Waals surface area contributed by atoms with Gasteiger partial charge in [-0.15, -0.1) is 0 Å². The van der Waals surface area contributed by atoms with Gasteiger partial charge in [-0.2, -0.15) is 4.98 Å². The molecule has 2 aromatic rings. The van der Waals surface area contributed by atoms with E-state index >= 15 is 0 Å². The standard InChI is InChI=1S/C11H10N2O3S/c1-2-15-10(14)9-7-16-11(13-9)17-8-3-5-12-6-4-8/h3-7H,2H2,1H3. The van der Waals surface area contributed by atoms with Crippen LogP contribution in [-0.4, -0.2) is 22.5 Å². The van der Waals surface area contributed by atoms with E-state index in [1.54, 1.807) is 19.3 Å². The number of hydrogen-bond acceptors (Lipinski definition) is 6. The van der Waals surface area contributed by atoms with E-state index in [2.05, 4.69) is 9.97 Å². The second-order valence-corrected chi connectivity index (χ2v) is 4.03. The molecular weight excluding hydrogens is 240 g/mol. The molecule has 2 rings (SSSR count). The second-order valence-electron chi connectivity index (χ2n) is 3.00. The van der Waals surface area contributed by atoms with Crippen LogP contribution in [0.15, 0.2) is 45.3 Å². The molecule has 0 unspecified atom stereocenters. The molecule has 5 nitrogen and oxygen atoms in total. The number of carbonyl (C=O) groups excluding carboxylic acids is 1. The number of carbonyl (C=O) groups is 1. The Labute approximate surface area is 102 Å². The second kappa shape index (κ2) is 5.49. The summed E-state index contributed by atoms with van der Waals surface area (Å²) in [6, 6.07) is 3.66. The van der Waals surface area contributed by atoms with Gasteiger partial charge in [-0.05, 0) is 30.8 Å². The summed E-state index contributed by atoms with van der Waals surface area (Å²) in [6.07, 6.45) is 4.65. The van der Waals surface area contributed by atoms with Crippen molar-refractivity contribution in [3.05, 3.63) is 36.5 Å². The lowest BCUT2D eigenvalue weighted by atomic mass is 10.5. The van der Waals surface area contributed by atoms with E-state index in [1.807, 2.05) is 12.1 Å². The molecule has 0 aliphatic heterocycles. The lowest BCUT2D eigenvalue weighted by molar-refractivity contribution is 0.0519. The van der Waals surface area contributed by atoms with Crippen LogP contribution in [-0.2, 0) is 4.74 Å². The first-order chi connectivity index (χ1) is 8.29. The zero-order valence-corrected chi connectivity index (χ0v) is 9.94. The van der Waals surface area contributed by atoms with Gasteiger partial charge in [0.15, 0.2) is 5.69 Å². The Morgan fingerprint density at radius 3 is 2.94 bits per heavy atom. The molecule has 0 saturated carbocycles. The van der Waals surface area contributed by atoms with Crippen molar-refractivity contribution in [2.75, 3.05) is 6.61 Å². The van der Waals surface area contributed by atoms with Crippen LogP contribution in [0.3, 0.4) is 0 Å². The minimum absolute atomic E-state index is 0.184. The van der Waals surface area contributed by atoms with Gasteiger partial charge in [0, 0.05) is 17.3 Å². The van der Waals surface area contributed by atoms with Gasteiger partial charge >= 0.3 is 5.97 Å². The monoisotopic (exact) mass is 250 g/mol. The first-order valence-corrected chi connectivity index (χ1v) is 5.81. The molecule has 2 aromatic heterocycles. The minimum atomic E-state index is -0.474. The Bertz CT molecular complexity index is 498. The van der Waals surface area contributed by atoms with Crippen LogP contribution < -0.4 is 0 Å². The zero-order valence-electron chi connectivity index (χ0n) is 9.12. The summed E-state index contributed by atoms with van der Waals surface area (Å²) in [5.41, 5.74) is 0.184. The molecule has 0 saturated heterocycles. The molecule has 0 fully saturated rings. The van der Waals surface area contributed by atoms with Gasteiger partial charge < -0.3 is 9.15 Å². The summed E-state index contributed by atoms with van der Waals surface area (Å²) < 4.78 is 9.98. The molecule has 0 atom stereocenters. The third kappa shape index (κ3) is 3.07. The minimum Gasteiger partial charge on any atom is -0.461 e. The van der Waals surface area contributed by atoms with Crippen LogP contribution in [0.25, 0.3) is 0 Å². The number of nitrogens with zero attached hydrogens (tertiary/aromatic N) is 2. The maximum absolute atomic E-state index is 11.3. The van der Waals surface area contributed by atoms with Crippen molar-refractivity contribution in [3.8, 4) is 0 Å². The van der Waals surface area contributed by atoms with Gasteiger partial charge in [-0.25, -0.2) is 4.79 Å². The average molecular weight is 250 g/mol. The fraction of sp³-hybridized carbons (Fsp3) is 0.182. The van der Waals surface area contributed by atoms with E-state index in [0.717, 1.165) is 4.90 Å². The van der Waals surface area contributed by atoms with Crippen molar-refractivity contribution in [2.45, 2.75) is 17.0 Å². The molecule has 0 aliphatic rings. The summed E-state index contributed by atoms with van der Waals surface area (Å²) in [5, 5.41) is 0.402. The summed E-state index contributed by atoms with van der Waals surface area (Å²) in [4.78, 5) is 20.2. The van der Waals surface area contributed by atoms with Crippen molar-refractivity contribution >= 4 is 17.7 Å². The molecule has 0 aromatic carbocycles. The van der Waals surface area contributed by atoms with E-state index < -0.39 is 5.97 Å². The summed E-state index contributed by atoms with van der Waals surface area (Å²) in [7, 11) is 0. The SMILES string of the molecule is CCOC(=O)c1coc(Sc2ccncc2)n1. The highest BCUT2D eigenvalue weighted by molar-refractivity contribution is 7.99. The van der Waals surface area contributed by atoms with E-state index in [4.69, 9.17) is 9.15 Å². The average Bonchev–Trinajstić information content (AvgIpc) is 2.79. The highest BCUT2D eigenvalue weighted by atomic mass is 32.2. The predicted octanol–water partition coefficient (Wildman–Crippen LogP) is 2.40. The fourth-order valence-corrected chi connectivity index (χ4v) is 1.81. The van der Waals surface area contributed by atoms with Gasteiger partial charge in [0.2, 0.25) is 0 Å². The third-order valence-electron chi connectivity index (χ3n) is 1.82.